The van der Waals surface area contributed by atoms with Crippen molar-refractivity contribution < 1.29 is 13.2 Å². The lowest BCUT2D eigenvalue weighted by molar-refractivity contribution is 0.499. The molecule has 0 bridgehead atoms. The van der Waals surface area contributed by atoms with Gasteiger partial charge in [0, 0.05) is 30.1 Å². The summed E-state index contributed by atoms with van der Waals surface area (Å²) in [7, 11) is 0. The molecule has 3 aromatic rings. The summed E-state index contributed by atoms with van der Waals surface area (Å²) in [6.07, 6.45) is 4.07. The van der Waals surface area contributed by atoms with Crippen molar-refractivity contribution >= 4 is 17.5 Å². The van der Waals surface area contributed by atoms with E-state index in [2.05, 4.69) is 25.6 Å². The monoisotopic (exact) mass is 373 g/mol. The van der Waals surface area contributed by atoms with Crippen molar-refractivity contribution in [2.75, 3.05) is 10.6 Å². The predicted octanol–water partition coefficient (Wildman–Crippen LogP) is 4.91. The summed E-state index contributed by atoms with van der Waals surface area (Å²) < 4.78 is 41.4. The molecule has 140 valence electrons. The first-order valence-corrected chi connectivity index (χ1v) is 8.44. The highest BCUT2D eigenvalue weighted by atomic mass is 19.2. The molecule has 2 N–H and O–H groups in total. The molecule has 27 heavy (non-hydrogen) atoms. The van der Waals surface area contributed by atoms with Crippen molar-refractivity contribution in [1.29, 1.82) is 0 Å². The maximum absolute atomic E-state index is 14.0. The van der Waals surface area contributed by atoms with Gasteiger partial charge in [-0.15, -0.1) is 0 Å². The van der Waals surface area contributed by atoms with Crippen molar-refractivity contribution in [1.82, 2.24) is 15.0 Å². The van der Waals surface area contributed by atoms with Crippen LogP contribution in [0, 0.1) is 17.5 Å². The van der Waals surface area contributed by atoms with Gasteiger partial charge in [-0.2, -0.15) is 4.98 Å². The highest BCUT2D eigenvalue weighted by Gasteiger charge is 2.16. The molecule has 2 heterocycles. The van der Waals surface area contributed by atoms with E-state index in [1.807, 2.05) is 13.8 Å². The Balaban J connectivity index is 2.04. The van der Waals surface area contributed by atoms with E-state index in [0.29, 0.717) is 11.3 Å². The third-order valence-electron chi connectivity index (χ3n) is 3.97. The fourth-order valence-electron chi connectivity index (χ4n) is 2.33. The third kappa shape index (κ3) is 4.33. The van der Waals surface area contributed by atoms with Crippen molar-refractivity contribution in [3.05, 3.63) is 60.2 Å². The number of anilines is 3. The van der Waals surface area contributed by atoms with Gasteiger partial charge in [0.1, 0.15) is 17.3 Å². The van der Waals surface area contributed by atoms with Gasteiger partial charge in [0.25, 0.3) is 0 Å². The predicted molar refractivity (Wildman–Crippen MR) is 98.2 cm³/mol. The molecule has 0 spiro atoms. The maximum atomic E-state index is 14.0. The Morgan fingerprint density at radius 1 is 1.07 bits per heavy atom. The van der Waals surface area contributed by atoms with E-state index >= 15 is 0 Å². The smallest absolute Gasteiger partial charge is 0.225 e. The van der Waals surface area contributed by atoms with Crippen LogP contribution in [0.2, 0.25) is 0 Å². The van der Waals surface area contributed by atoms with Crippen LogP contribution >= 0.6 is 0 Å². The molecule has 0 saturated heterocycles. The molecule has 5 nitrogen and oxygen atoms in total. The van der Waals surface area contributed by atoms with Crippen molar-refractivity contribution in [3.8, 4) is 11.3 Å². The molecular formula is C19H18F3N5. The van der Waals surface area contributed by atoms with E-state index in [-0.39, 0.29) is 17.8 Å². The lowest BCUT2D eigenvalue weighted by Gasteiger charge is -2.15. The molecular weight excluding hydrogens is 355 g/mol. The molecule has 0 amide bonds. The Kier molecular flexibility index (Phi) is 5.54. The molecule has 0 fully saturated rings. The quantitative estimate of drug-likeness (QED) is 0.601. The fourth-order valence-corrected chi connectivity index (χ4v) is 2.33. The van der Waals surface area contributed by atoms with Crippen molar-refractivity contribution in [2.45, 2.75) is 26.3 Å². The summed E-state index contributed by atoms with van der Waals surface area (Å²) in [6, 6.07) is 6.73. The van der Waals surface area contributed by atoms with Gasteiger partial charge in [0.05, 0.1) is 5.69 Å². The van der Waals surface area contributed by atoms with Crippen LogP contribution in [0.5, 0.6) is 0 Å². The molecule has 0 aliphatic carbocycles. The zero-order valence-corrected chi connectivity index (χ0v) is 14.8. The summed E-state index contributed by atoms with van der Waals surface area (Å²) in [6.45, 7) is 3.96. The van der Waals surface area contributed by atoms with Crippen LogP contribution in [0.3, 0.4) is 0 Å². The highest BCUT2D eigenvalue weighted by Crippen LogP contribution is 2.27. The average molecular weight is 373 g/mol. The van der Waals surface area contributed by atoms with Gasteiger partial charge in [-0.3, -0.25) is 4.98 Å². The van der Waals surface area contributed by atoms with Gasteiger partial charge in [-0.1, -0.05) is 6.92 Å². The second kappa shape index (κ2) is 8.03. The van der Waals surface area contributed by atoms with Crippen LogP contribution in [0.1, 0.15) is 20.3 Å². The molecule has 1 atom stereocenters. The fraction of sp³-hybridized carbons (Fsp3) is 0.211. The van der Waals surface area contributed by atoms with Crippen LogP contribution in [0.25, 0.3) is 11.3 Å². The lowest BCUT2D eigenvalue weighted by atomic mass is 10.2. The number of nitrogens with zero attached hydrogens (tertiary/aromatic N) is 3. The molecule has 0 aliphatic rings. The minimum Gasteiger partial charge on any atom is -0.352 e. The van der Waals surface area contributed by atoms with Crippen molar-refractivity contribution in [2.24, 2.45) is 0 Å². The Labute approximate surface area is 154 Å². The second-order valence-corrected chi connectivity index (χ2v) is 6.00. The third-order valence-corrected chi connectivity index (χ3v) is 3.97. The molecule has 0 aliphatic heterocycles. The molecule has 0 radical (unpaired) electrons. The molecule has 0 unspecified atom stereocenters. The zero-order valence-electron chi connectivity index (χ0n) is 14.8. The maximum Gasteiger partial charge on any atom is 0.225 e. The number of halogens is 3. The Morgan fingerprint density at radius 3 is 2.56 bits per heavy atom. The van der Waals surface area contributed by atoms with Gasteiger partial charge in [0.15, 0.2) is 11.6 Å². The Bertz CT molecular complexity index is 934. The number of hydrogen-bond donors (Lipinski definition) is 2. The summed E-state index contributed by atoms with van der Waals surface area (Å²) in [5.41, 5.74) is 0.597. The first-order chi connectivity index (χ1) is 13.0. The molecule has 1 aromatic carbocycles. The van der Waals surface area contributed by atoms with E-state index in [1.165, 1.54) is 6.07 Å². The molecule has 2 aromatic heterocycles. The van der Waals surface area contributed by atoms with Crippen molar-refractivity contribution in [3.63, 3.8) is 0 Å². The average Bonchev–Trinajstić information content (AvgIpc) is 2.68. The van der Waals surface area contributed by atoms with E-state index in [0.717, 1.165) is 18.6 Å². The molecule has 0 saturated carbocycles. The molecule has 8 heteroatoms. The Hall–Kier alpha value is -3.16. The van der Waals surface area contributed by atoms with Crippen LogP contribution < -0.4 is 10.6 Å². The van der Waals surface area contributed by atoms with E-state index in [4.69, 9.17) is 0 Å². The van der Waals surface area contributed by atoms with E-state index in [9.17, 15) is 13.2 Å². The minimum atomic E-state index is -1.31. The highest BCUT2D eigenvalue weighted by molar-refractivity contribution is 5.67. The number of nitrogens with one attached hydrogen (secondary N) is 2. The van der Waals surface area contributed by atoms with Gasteiger partial charge < -0.3 is 10.6 Å². The first-order valence-electron chi connectivity index (χ1n) is 8.44. The van der Waals surface area contributed by atoms with E-state index in [1.54, 1.807) is 24.5 Å². The van der Waals surface area contributed by atoms with E-state index < -0.39 is 23.1 Å². The standard InChI is InChI=1S/C19H18F3N5/c1-3-11(2)24-19-25-15(12-5-4-8-23-10-12)9-16(27-19)26-18-14(21)7-6-13(20)17(18)22/h4-11H,3H2,1-2H3,(H2,24,25,26,27)/t11-/m1/s1. The number of rotatable bonds is 6. The normalized spacial score (nSPS) is 11.9. The molecule has 3 rings (SSSR count). The number of aromatic nitrogens is 3. The summed E-state index contributed by atoms with van der Waals surface area (Å²) in [4.78, 5) is 12.7. The second-order valence-electron chi connectivity index (χ2n) is 6.00. The first kappa shape index (κ1) is 18.6. The SMILES string of the molecule is CC[C@@H](C)Nc1nc(Nc2c(F)ccc(F)c2F)cc(-c2cccnc2)n1. The lowest BCUT2D eigenvalue weighted by Crippen LogP contribution is -2.16. The van der Waals surface area contributed by atoms with Gasteiger partial charge in [-0.25, -0.2) is 18.2 Å². The number of benzene rings is 1. The summed E-state index contributed by atoms with van der Waals surface area (Å²) >= 11 is 0. The Morgan fingerprint density at radius 2 is 1.85 bits per heavy atom. The topological polar surface area (TPSA) is 62.7 Å². The van der Waals surface area contributed by atoms with Gasteiger partial charge in [0.2, 0.25) is 5.95 Å². The minimum absolute atomic E-state index is 0.0876. The largest absolute Gasteiger partial charge is 0.352 e. The van der Waals surface area contributed by atoms with Gasteiger partial charge in [-0.05, 0) is 37.6 Å². The van der Waals surface area contributed by atoms with Crippen LogP contribution in [-0.2, 0) is 0 Å². The number of hydrogen-bond acceptors (Lipinski definition) is 5. The van der Waals surface area contributed by atoms with Crippen LogP contribution in [-0.4, -0.2) is 21.0 Å². The zero-order chi connectivity index (χ0) is 19.4. The number of pyridine rings is 1. The van der Waals surface area contributed by atoms with Crippen LogP contribution in [0.15, 0.2) is 42.7 Å². The van der Waals surface area contributed by atoms with Crippen LogP contribution in [0.4, 0.5) is 30.6 Å². The summed E-state index contributed by atoms with van der Waals surface area (Å²) in [5.74, 6) is -2.98. The summed E-state index contributed by atoms with van der Waals surface area (Å²) in [5, 5.41) is 5.65. The van der Waals surface area contributed by atoms with Gasteiger partial charge >= 0.3 is 0 Å².